The van der Waals surface area contributed by atoms with Crippen LogP contribution < -0.4 is 0 Å². The van der Waals surface area contributed by atoms with Crippen molar-refractivity contribution < 1.29 is 17.6 Å². The Labute approximate surface area is 92.8 Å². The van der Waals surface area contributed by atoms with E-state index < -0.39 is 20.4 Å². The fourth-order valence-electron chi connectivity index (χ4n) is 0.315. The minimum absolute atomic E-state index is 1.95. The molecular weight excluding hydrogens is 355 g/mol. The molecule has 3 atom stereocenters. The Morgan fingerprint density at radius 1 is 1.08 bits per heavy atom. The van der Waals surface area contributed by atoms with Crippen LogP contribution in [0.5, 0.6) is 0 Å². The van der Waals surface area contributed by atoms with Crippen LogP contribution in [0.25, 0.3) is 0 Å². The van der Waals surface area contributed by atoms with E-state index in [-0.39, 0.29) is 0 Å². The molecule has 0 nitrogen and oxygen atoms in total. The lowest BCUT2D eigenvalue weighted by Crippen LogP contribution is -2.45. The van der Waals surface area contributed by atoms with Crippen molar-refractivity contribution in [2.75, 3.05) is 0 Å². The first-order valence-electron chi connectivity index (χ1n) is 2.47. The van der Waals surface area contributed by atoms with Gasteiger partial charge in [0.25, 0.3) is 5.13 Å². The quantitative estimate of drug-likeness (QED) is 0.526. The third kappa shape index (κ3) is 2.89. The lowest BCUT2D eigenvalue weighted by atomic mass is 10.3. The van der Waals surface area contributed by atoms with Crippen LogP contribution in [-0.2, 0) is 0 Å². The highest BCUT2D eigenvalue weighted by Crippen LogP contribution is 2.47. The maximum absolute atomic E-state index is 12.8. The van der Waals surface area contributed by atoms with Gasteiger partial charge in [0.2, 0.25) is 0 Å². The van der Waals surface area contributed by atoms with E-state index in [1.165, 1.54) is 0 Å². The number of alkyl halides is 8. The predicted octanol–water partition coefficient (Wildman–Crippen LogP) is 4.18. The van der Waals surface area contributed by atoms with Gasteiger partial charge >= 0.3 is 5.38 Å². The van der Waals surface area contributed by atoms with E-state index in [2.05, 4.69) is 43.5 Å². The third-order valence-electron chi connectivity index (χ3n) is 0.946. The van der Waals surface area contributed by atoms with Crippen molar-refractivity contribution in [3.05, 3.63) is 0 Å². The largest absolute Gasteiger partial charge is 0.370 e. The summed E-state index contributed by atoms with van der Waals surface area (Å²) >= 11 is 13.5. The molecule has 0 aromatic heterocycles. The average molecular weight is 357 g/mol. The molecule has 0 aliphatic heterocycles. The Morgan fingerprint density at radius 3 is 1.50 bits per heavy atom. The van der Waals surface area contributed by atoms with E-state index in [0.717, 1.165) is 0 Å². The molecule has 0 N–H and O–H groups in total. The molecule has 0 spiro atoms. The van der Waals surface area contributed by atoms with Crippen molar-refractivity contribution in [1.82, 2.24) is 0 Å². The SMILES string of the molecule is FC(Br)C(Br)C(F)(Cl)C(F)(F)Cl. The maximum Gasteiger partial charge on any atom is 0.370 e. The second-order valence-corrected chi connectivity index (χ2v) is 4.74. The monoisotopic (exact) mass is 354 g/mol. The summed E-state index contributed by atoms with van der Waals surface area (Å²) in [5.41, 5.74) is 0. The second kappa shape index (κ2) is 4.19. The highest BCUT2D eigenvalue weighted by atomic mass is 79.9. The van der Waals surface area contributed by atoms with Gasteiger partial charge in [0, 0.05) is 0 Å². The molecule has 3 unspecified atom stereocenters. The van der Waals surface area contributed by atoms with Gasteiger partial charge in [0.1, 0.15) is 4.83 Å². The first kappa shape index (κ1) is 13.3. The molecule has 0 rings (SSSR count). The number of hydrogen-bond donors (Lipinski definition) is 0. The molecule has 0 aliphatic rings. The van der Waals surface area contributed by atoms with E-state index in [9.17, 15) is 17.6 Å². The van der Waals surface area contributed by atoms with Crippen molar-refractivity contribution in [3.8, 4) is 0 Å². The summed E-state index contributed by atoms with van der Waals surface area (Å²) < 4.78 is 49.4. The van der Waals surface area contributed by atoms with Crippen LogP contribution in [0, 0.1) is 0 Å². The van der Waals surface area contributed by atoms with Gasteiger partial charge in [0.05, 0.1) is 0 Å². The second-order valence-electron chi connectivity index (χ2n) is 1.86. The van der Waals surface area contributed by atoms with Gasteiger partial charge in [-0.05, 0) is 11.6 Å². The standard InChI is InChI=1S/C4H2Br2Cl2F4/c5-1(2(6)9)3(7,10)4(8,11)12/h1-2H. The fourth-order valence-corrected chi connectivity index (χ4v) is 1.48. The molecule has 12 heavy (non-hydrogen) atoms. The summed E-state index contributed by atoms with van der Waals surface area (Å²) in [6.45, 7) is 0. The Hall–Kier alpha value is 1.26. The van der Waals surface area contributed by atoms with Gasteiger partial charge < -0.3 is 0 Å². The number of hydrogen-bond acceptors (Lipinski definition) is 0. The van der Waals surface area contributed by atoms with Crippen molar-refractivity contribution in [1.29, 1.82) is 0 Å². The van der Waals surface area contributed by atoms with Crippen LogP contribution in [0.4, 0.5) is 17.6 Å². The molecular formula is C4H2Br2Cl2F4. The average Bonchev–Trinajstić information content (AvgIpc) is 1.83. The molecule has 8 heteroatoms. The van der Waals surface area contributed by atoms with E-state index in [0.29, 0.717) is 0 Å². The van der Waals surface area contributed by atoms with E-state index >= 15 is 0 Å². The van der Waals surface area contributed by atoms with Crippen LogP contribution in [-0.4, -0.2) is 20.4 Å². The van der Waals surface area contributed by atoms with E-state index in [1.54, 1.807) is 0 Å². The van der Waals surface area contributed by atoms with E-state index in [4.69, 9.17) is 11.6 Å². The predicted molar refractivity (Wildman–Crippen MR) is 47.0 cm³/mol. The van der Waals surface area contributed by atoms with Crippen LogP contribution in [0.2, 0.25) is 0 Å². The minimum atomic E-state index is -4.35. The first-order chi connectivity index (χ1) is 5.10. The molecule has 0 radical (unpaired) electrons. The minimum Gasteiger partial charge on any atom is -0.234 e. The van der Waals surface area contributed by atoms with Crippen LogP contribution >= 0.6 is 55.1 Å². The van der Waals surface area contributed by atoms with Crippen molar-refractivity contribution >= 4 is 55.1 Å². The number of halogens is 8. The summed E-state index contributed by atoms with van der Waals surface area (Å²) in [4.78, 5) is -1.95. The summed E-state index contributed by atoms with van der Waals surface area (Å²) in [5.74, 6) is 0. The lowest BCUT2D eigenvalue weighted by Gasteiger charge is -2.27. The lowest BCUT2D eigenvalue weighted by molar-refractivity contribution is -0.0235. The van der Waals surface area contributed by atoms with Crippen molar-refractivity contribution in [3.63, 3.8) is 0 Å². The molecule has 0 aliphatic carbocycles. The van der Waals surface area contributed by atoms with Crippen molar-refractivity contribution in [2.45, 2.75) is 20.4 Å². The van der Waals surface area contributed by atoms with Gasteiger partial charge in [-0.25, -0.2) is 8.78 Å². The van der Waals surface area contributed by atoms with Crippen molar-refractivity contribution in [2.24, 2.45) is 0 Å². The van der Waals surface area contributed by atoms with E-state index in [1.807, 2.05) is 0 Å². The molecule has 0 fully saturated rings. The summed E-state index contributed by atoms with van der Waals surface area (Å²) in [5, 5.41) is -10.1. The van der Waals surface area contributed by atoms with Gasteiger partial charge in [0.15, 0.2) is 5.08 Å². The summed E-state index contributed by atoms with van der Waals surface area (Å²) in [6, 6.07) is 0. The Bertz CT molecular complexity index is 158. The topological polar surface area (TPSA) is 0 Å². The maximum atomic E-state index is 12.8. The van der Waals surface area contributed by atoms with Crippen LogP contribution in [0.3, 0.4) is 0 Å². The Kier molecular flexibility index (Phi) is 4.63. The molecule has 0 aromatic carbocycles. The van der Waals surface area contributed by atoms with Gasteiger partial charge in [-0.15, -0.1) is 0 Å². The zero-order chi connectivity index (χ0) is 10.2. The fraction of sp³-hybridized carbons (Fsp3) is 1.00. The molecule has 0 heterocycles. The molecule has 0 bridgehead atoms. The summed E-state index contributed by atoms with van der Waals surface area (Å²) in [7, 11) is 0. The highest BCUT2D eigenvalue weighted by Gasteiger charge is 2.59. The molecule has 0 saturated carbocycles. The molecule has 74 valence electrons. The number of rotatable bonds is 3. The third-order valence-corrected chi connectivity index (χ3v) is 4.39. The molecule has 0 saturated heterocycles. The van der Waals surface area contributed by atoms with Crippen LogP contribution in [0.1, 0.15) is 0 Å². The van der Waals surface area contributed by atoms with Gasteiger partial charge in [-0.2, -0.15) is 8.78 Å². The Morgan fingerprint density at radius 2 is 1.42 bits per heavy atom. The molecule has 0 amide bonds. The zero-order valence-corrected chi connectivity index (χ0v) is 9.86. The normalized spacial score (nSPS) is 23.0. The summed E-state index contributed by atoms with van der Waals surface area (Å²) in [6.07, 6.45) is 0. The van der Waals surface area contributed by atoms with Crippen LogP contribution in [0.15, 0.2) is 0 Å². The zero-order valence-electron chi connectivity index (χ0n) is 5.18. The first-order valence-corrected chi connectivity index (χ1v) is 5.06. The Balaban J connectivity index is 4.61. The smallest absolute Gasteiger partial charge is 0.234 e. The molecule has 0 aromatic rings. The van der Waals surface area contributed by atoms with Gasteiger partial charge in [-0.3, -0.25) is 0 Å². The van der Waals surface area contributed by atoms with Gasteiger partial charge in [-0.1, -0.05) is 43.5 Å². The highest BCUT2D eigenvalue weighted by molar-refractivity contribution is 9.12.